The molecule has 0 spiro atoms. The molecule has 1 fully saturated rings. The molecular formula is C16H20N6O2. The van der Waals surface area contributed by atoms with Crippen LogP contribution in [0.5, 0.6) is 0 Å². The van der Waals surface area contributed by atoms with E-state index in [4.69, 9.17) is 0 Å². The average molecular weight is 328 g/mol. The first kappa shape index (κ1) is 16.3. The van der Waals surface area contributed by atoms with Crippen molar-refractivity contribution in [1.29, 1.82) is 0 Å². The molecule has 3 rings (SSSR count). The second-order valence-corrected chi connectivity index (χ2v) is 6.04. The minimum absolute atomic E-state index is 0.156. The van der Waals surface area contributed by atoms with Crippen molar-refractivity contribution < 1.29 is 9.90 Å². The number of nitrogens with zero attached hydrogens (tertiary/aromatic N) is 5. The van der Waals surface area contributed by atoms with Crippen molar-refractivity contribution >= 4 is 11.7 Å². The number of rotatable bonds is 4. The van der Waals surface area contributed by atoms with Gasteiger partial charge in [-0.3, -0.25) is 9.78 Å². The summed E-state index contributed by atoms with van der Waals surface area (Å²) < 4.78 is 0. The summed E-state index contributed by atoms with van der Waals surface area (Å²) in [5, 5.41) is 13.6. The first-order chi connectivity index (χ1) is 11.6. The van der Waals surface area contributed by atoms with Crippen LogP contribution in [0.3, 0.4) is 0 Å². The number of hydrogen-bond acceptors (Lipinski definition) is 7. The zero-order chi connectivity index (χ0) is 17.0. The number of anilines is 1. The summed E-state index contributed by atoms with van der Waals surface area (Å²) in [4.78, 5) is 30.3. The van der Waals surface area contributed by atoms with Crippen LogP contribution in [-0.2, 0) is 0 Å². The second-order valence-electron chi connectivity index (χ2n) is 6.04. The Morgan fingerprint density at radius 3 is 3.00 bits per heavy atom. The predicted octanol–water partition coefficient (Wildman–Crippen LogP) is 0.336. The highest BCUT2D eigenvalue weighted by atomic mass is 16.3. The number of β-amino-alcohol motifs (C(OH)–C–C–N with tert-alkyl or cyclic N) is 1. The number of aryl methyl sites for hydroxylation is 1. The van der Waals surface area contributed by atoms with Gasteiger partial charge in [0.2, 0.25) is 0 Å². The number of piperidine rings is 1. The van der Waals surface area contributed by atoms with Gasteiger partial charge >= 0.3 is 0 Å². The molecule has 0 radical (unpaired) electrons. The summed E-state index contributed by atoms with van der Waals surface area (Å²) in [6.07, 6.45) is 7.33. The molecule has 1 aliphatic heterocycles. The van der Waals surface area contributed by atoms with E-state index in [9.17, 15) is 9.90 Å². The third-order valence-corrected chi connectivity index (χ3v) is 4.04. The van der Waals surface area contributed by atoms with Crippen molar-refractivity contribution in [3.63, 3.8) is 0 Å². The number of amides is 1. The van der Waals surface area contributed by atoms with Crippen molar-refractivity contribution in [2.75, 3.05) is 24.5 Å². The fourth-order valence-electron chi connectivity index (χ4n) is 2.82. The second kappa shape index (κ2) is 6.88. The molecule has 1 unspecified atom stereocenters. The quantitative estimate of drug-likeness (QED) is 0.834. The van der Waals surface area contributed by atoms with E-state index in [0.717, 1.165) is 24.5 Å². The van der Waals surface area contributed by atoms with Gasteiger partial charge < -0.3 is 15.3 Å². The summed E-state index contributed by atoms with van der Waals surface area (Å²) >= 11 is 0. The lowest BCUT2D eigenvalue weighted by Crippen LogP contribution is -2.54. The van der Waals surface area contributed by atoms with Gasteiger partial charge in [-0.25, -0.2) is 15.0 Å². The van der Waals surface area contributed by atoms with Crippen LogP contribution in [0.15, 0.2) is 31.0 Å². The van der Waals surface area contributed by atoms with Crippen LogP contribution in [0.2, 0.25) is 0 Å². The van der Waals surface area contributed by atoms with Crippen molar-refractivity contribution in [3.05, 3.63) is 42.4 Å². The number of carbonyl (C=O) groups excluding carboxylic acids is 1. The lowest BCUT2D eigenvalue weighted by atomic mass is 9.92. The monoisotopic (exact) mass is 328 g/mol. The number of nitrogens with one attached hydrogen (secondary N) is 1. The summed E-state index contributed by atoms with van der Waals surface area (Å²) in [7, 11) is 0. The first-order valence-corrected chi connectivity index (χ1v) is 7.86. The molecule has 1 saturated heterocycles. The lowest BCUT2D eigenvalue weighted by Gasteiger charge is -2.39. The Morgan fingerprint density at radius 1 is 1.38 bits per heavy atom. The van der Waals surface area contributed by atoms with Crippen molar-refractivity contribution in [2.24, 2.45) is 0 Å². The van der Waals surface area contributed by atoms with Gasteiger partial charge in [-0.05, 0) is 19.8 Å². The van der Waals surface area contributed by atoms with Crippen molar-refractivity contribution in [1.82, 2.24) is 25.3 Å². The SMILES string of the molecule is Cc1cc(N2CCCC(O)(CNC(=O)c3cnccn3)C2)ncn1. The van der Waals surface area contributed by atoms with Crippen LogP contribution >= 0.6 is 0 Å². The topological polar surface area (TPSA) is 104 Å². The Labute approximate surface area is 140 Å². The van der Waals surface area contributed by atoms with Crippen LogP contribution < -0.4 is 10.2 Å². The molecular weight excluding hydrogens is 308 g/mol. The zero-order valence-corrected chi connectivity index (χ0v) is 13.5. The molecule has 2 N–H and O–H groups in total. The van der Waals surface area contributed by atoms with E-state index in [0.29, 0.717) is 13.0 Å². The van der Waals surface area contributed by atoms with E-state index >= 15 is 0 Å². The Kier molecular flexibility index (Phi) is 4.66. The van der Waals surface area contributed by atoms with Gasteiger partial charge in [0.15, 0.2) is 0 Å². The van der Waals surface area contributed by atoms with Crippen LogP contribution in [0.1, 0.15) is 29.0 Å². The summed E-state index contributed by atoms with van der Waals surface area (Å²) in [6.45, 7) is 3.28. The largest absolute Gasteiger partial charge is 0.386 e. The van der Waals surface area contributed by atoms with E-state index < -0.39 is 5.60 Å². The number of aromatic nitrogens is 4. The highest BCUT2D eigenvalue weighted by molar-refractivity contribution is 5.91. The Balaban J connectivity index is 1.63. The molecule has 0 saturated carbocycles. The van der Waals surface area contributed by atoms with Crippen molar-refractivity contribution in [3.8, 4) is 0 Å². The smallest absolute Gasteiger partial charge is 0.271 e. The van der Waals surface area contributed by atoms with Gasteiger partial charge in [-0.1, -0.05) is 0 Å². The van der Waals surface area contributed by atoms with Crippen LogP contribution in [0.4, 0.5) is 5.82 Å². The molecule has 126 valence electrons. The Morgan fingerprint density at radius 2 is 2.25 bits per heavy atom. The molecule has 8 nitrogen and oxygen atoms in total. The Hall–Kier alpha value is -2.61. The first-order valence-electron chi connectivity index (χ1n) is 7.86. The summed E-state index contributed by atoms with van der Waals surface area (Å²) in [5.74, 6) is 0.451. The van der Waals surface area contributed by atoms with Gasteiger partial charge in [0, 0.05) is 43.8 Å². The Bertz CT molecular complexity index is 711. The van der Waals surface area contributed by atoms with Gasteiger partial charge in [0.05, 0.1) is 11.8 Å². The zero-order valence-electron chi connectivity index (χ0n) is 13.5. The number of aliphatic hydroxyl groups is 1. The normalized spacial score (nSPS) is 20.7. The van der Waals surface area contributed by atoms with Gasteiger partial charge in [0.25, 0.3) is 5.91 Å². The van der Waals surface area contributed by atoms with E-state index in [1.165, 1.54) is 24.9 Å². The summed E-state index contributed by atoms with van der Waals surface area (Å²) in [6, 6.07) is 1.89. The summed E-state index contributed by atoms with van der Waals surface area (Å²) in [5.41, 5.74) is 0.111. The fraction of sp³-hybridized carbons (Fsp3) is 0.438. The molecule has 0 aliphatic carbocycles. The van der Waals surface area contributed by atoms with Crippen LogP contribution in [-0.4, -0.2) is 56.2 Å². The maximum Gasteiger partial charge on any atom is 0.271 e. The minimum atomic E-state index is -1.00. The third kappa shape index (κ3) is 3.83. The number of carbonyl (C=O) groups is 1. The average Bonchev–Trinajstić information content (AvgIpc) is 2.60. The molecule has 2 aromatic rings. The predicted molar refractivity (Wildman–Crippen MR) is 87.5 cm³/mol. The van der Waals surface area contributed by atoms with Crippen LogP contribution in [0.25, 0.3) is 0 Å². The molecule has 2 aromatic heterocycles. The van der Waals surface area contributed by atoms with Crippen molar-refractivity contribution in [2.45, 2.75) is 25.4 Å². The highest BCUT2D eigenvalue weighted by Crippen LogP contribution is 2.24. The minimum Gasteiger partial charge on any atom is -0.386 e. The highest BCUT2D eigenvalue weighted by Gasteiger charge is 2.34. The van der Waals surface area contributed by atoms with E-state index in [2.05, 4.69) is 25.3 Å². The van der Waals surface area contributed by atoms with E-state index in [1.807, 2.05) is 17.9 Å². The molecule has 1 aliphatic rings. The van der Waals surface area contributed by atoms with Gasteiger partial charge in [-0.15, -0.1) is 0 Å². The van der Waals surface area contributed by atoms with Gasteiger partial charge in [0.1, 0.15) is 17.8 Å². The standard InChI is InChI=1S/C16H20N6O2/c1-12-7-14(21-11-20-12)22-6-2-3-16(24,10-22)9-19-15(23)13-8-17-4-5-18-13/h4-5,7-8,11,24H,2-3,6,9-10H2,1H3,(H,19,23). The fourth-order valence-corrected chi connectivity index (χ4v) is 2.82. The molecule has 24 heavy (non-hydrogen) atoms. The van der Waals surface area contributed by atoms with Gasteiger partial charge in [-0.2, -0.15) is 0 Å². The molecule has 1 amide bonds. The van der Waals surface area contributed by atoms with Crippen LogP contribution in [0, 0.1) is 6.92 Å². The molecule has 1 atom stereocenters. The lowest BCUT2D eigenvalue weighted by molar-refractivity contribution is 0.0253. The molecule has 3 heterocycles. The maximum absolute atomic E-state index is 12.1. The maximum atomic E-state index is 12.1. The molecule has 0 bridgehead atoms. The van der Waals surface area contributed by atoms with E-state index in [-0.39, 0.29) is 18.1 Å². The van der Waals surface area contributed by atoms with E-state index in [1.54, 1.807) is 0 Å². The number of hydrogen-bond donors (Lipinski definition) is 2. The third-order valence-electron chi connectivity index (χ3n) is 4.04. The molecule has 8 heteroatoms. The molecule has 0 aromatic carbocycles.